The largest absolute Gasteiger partial charge is 0.492 e. The summed E-state index contributed by atoms with van der Waals surface area (Å²) in [5, 5.41) is 3.73. The molecule has 1 saturated carbocycles. The third-order valence-electron chi connectivity index (χ3n) is 6.54. The lowest BCUT2D eigenvalue weighted by Crippen LogP contribution is -2.36. The van der Waals surface area contributed by atoms with Gasteiger partial charge in [0.25, 0.3) is 5.91 Å². The second-order valence-corrected chi connectivity index (χ2v) is 10.1. The van der Waals surface area contributed by atoms with Crippen LogP contribution in [-0.4, -0.2) is 54.1 Å². The lowest BCUT2D eigenvalue weighted by atomic mass is 9.95. The van der Waals surface area contributed by atoms with Crippen molar-refractivity contribution in [2.75, 3.05) is 27.2 Å². The Morgan fingerprint density at radius 2 is 1.92 bits per heavy atom. The molecule has 0 spiro atoms. The summed E-state index contributed by atoms with van der Waals surface area (Å²) in [4.78, 5) is 24.7. The number of rotatable bonds is 9. The fraction of sp³-hybridized carbons (Fsp3) is 0.414. The van der Waals surface area contributed by atoms with E-state index in [9.17, 15) is 4.79 Å². The van der Waals surface area contributed by atoms with Crippen LogP contribution < -0.4 is 10.1 Å². The quantitative estimate of drug-likeness (QED) is 0.352. The number of hydrogen-bond acceptors (Lipinski definition) is 5. The van der Waals surface area contributed by atoms with Crippen LogP contribution in [0, 0.1) is 6.92 Å². The molecule has 0 unspecified atom stereocenters. The molecule has 1 amide bonds. The van der Waals surface area contributed by atoms with Crippen molar-refractivity contribution in [1.29, 1.82) is 0 Å². The van der Waals surface area contributed by atoms with Crippen LogP contribution >= 0.6 is 11.6 Å². The zero-order chi connectivity index (χ0) is 25.5. The molecule has 1 fully saturated rings. The Balaban J connectivity index is 1.68. The minimum absolute atomic E-state index is 0.137. The summed E-state index contributed by atoms with van der Waals surface area (Å²) in [6, 6.07) is 13.5. The predicted molar refractivity (Wildman–Crippen MR) is 146 cm³/mol. The highest BCUT2D eigenvalue weighted by atomic mass is 35.5. The average Bonchev–Trinajstić information content (AvgIpc) is 2.88. The van der Waals surface area contributed by atoms with Crippen molar-refractivity contribution in [3.05, 3.63) is 64.9 Å². The van der Waals surface area contributed by atoms with Gasteiger partial charge in [-0.25, -0.2) is 4.98 Å². The van der Waals surface area contributed by atoms with Gasteiger partial charge in [0, 0.05) is 29.9 Å². The molecule has 4 rings (SSSR count). The van der Waals surface area contributed by atoms with E-state index in [0.29, 0.717) is 28.8 Å². The van der Waals surface area contributed by atoms with E-state index in [0.717, 1.165) is 61.0 Å². The van der Waals surface area contributed by atoms with Crippen molar-refractivity contribution in [2.24, 2.45) is 0 Å². The smallest absolute Gasteiger partial charge is 0.270 e. The van der Waals surface area contributed by atoms with E-state index in [1.165, 1.54) is 6.42 Å². The van der Waals surface area contributed by atoms with Crippen molar-refractivity contribution in [3.63, 3.8) is 0 Å². The molecule has 1 aliphatic carbocycles. The third-order valence-corrected chi connectivity index (χ3v) is 6.86. The molecule has 0 atom stereocenters. The molecule has 0 radical (unpaired) electrons. The van der Waals surface area contributed by atoms with Gasteiger partial charge >= 0.3 is 0 Å². The van der Waals surface area contributed by atoms with Crippen molar-refractivity contribution < 1.29 is 9.53 Å². The second-order valence-electron chi connectivity index (χ2n) is 9.72. The second kappa shape index (κ2) is 12.3. The third kappa shape index (κ3) is 6.62. The van der Waals surface area contributed by atoms with E-state index in [1.54, 1.807) is 12.3 Å². The SMILES string of the molecule is Cc1cccnc1-c1ccc(C(=O)NC2CCCCC2)nc1-c1ccc(Cl)c(OCCCN(C)C)c1. The van der Waals surface area contributed by atoms with Crippen LogP contribution in [0.1, 0.15) is 54.6 Å². The van der Waals surface area contributed by atoms with Gasteiger partial charge in [0.2, 0.25) is 0 Å². The molecule has 7 heteroatoms. The highest BCUT2D eigenvalue weighted by Gasteiger charge is 2.20. The van der Waals surface area contributed by atoms with Crippen molar-refractivity contribution in [2.45, 2.75) is 51.5 Å². The Morgan fingerprint density at radius 3 is 2.67 bits per heavy atom. The van der Waals surface area contributed by atoms with Gasteiger partial charge in [-0.15, -0.1) is 0 Å². The van der Waals surface area contributed by atoms with Crippen LogP contribution in [0.5, 0.6) is 5.75 Å². The average molecular weight is 507 g/mol. The molecule has 190 valence electrons. The number of amides is 1. The number of carbonyl (C=O) groups is 1. The molecule has 2 heterocycles. The van der Waals surface area contributed by atoms with Crippen molar-refractivity contribution >= 4 is 17.5 Å². The van der Waals surface area contributed by atoms with Crippen LogP contribution in [0.2, 0.25) is 5.02 Å². The molecule has 1 aromatic carbocycles. The zero-order valence-electron chi connectivity index (χ0n) is 21.4. The Bertz CT molecular complexity index is 1190. The van der Waals surface area contributed by atoms with Crippen molar-refractivity contribution in [1.82, 2.24) is 20.2 Å². The Kier molecular flexibility index (Phi) is 8.94. The fourth-order valence-electron chi connectivity index (χ4n) is 4.59. The summed E-state index contributed by atoms with van der Waals surface area (Å²) in [6.45, 7) is 3.52. The number of hydrogen-bond donors (Lipinski definition) is 1. The summed E-state index contributed by atoms with van der Waals surface area (Å²) in [5.74, 6) is 0.469. The number of carbonyl (C=O) groups excluding carboxylic acids is 1. The molecular weight excluding hydrogens is 472 g/mol. The summed E-state index contributed by atoms with van der Waals surface area (Å²) in [6.07, 6.45) is 8.26. The first kappa shape index (κ1) is 26.1. The van der Waals surface area contributed by atoms with Gasteiger partial charge in [-0.1, -0.05) is 43.0 Å². The van der Waals surface area contributed by atoms with E-state index in [-0.39, 0.29) is 11.9 Å². The van der Waals surface area contributed by atoms with E-state index in [1.807, 2.05) is 57.4 Å². The predicted octanol–water partition coefficient (Wildman–Crippen LogP) is 6.17. The summed E-state index contributed by atoms with van der Waals surface area (Å²) >= 11 is 6.47. The van der Waals surface area contributed by atoms with Gasteiger partial charge in [-0.3, -0.25) is 9.78 Å². The standard InChI is InChI=1S/C29H35ClN4O2/c1-20-9-7-16-31-27(20)23-13-15-25(29(35)32-22-10-5-4-6-11-22)33-28(23)21-12-14-24(30)26(19-21)36-18-8-17-34(2)3/h7,9,12-16,19,22H,4-6,8,10-11,17-18H2,1-3H3,(H,32,35). The first-order chi connectivity index (χ1) is 17.4. The molecule has 3 aromatic rings. The number of aromatic nitrogens is 2. The number of ether oxygens (including phenoxy) is 1. The highest BCUT2D eigenvalue weighted by Crippen LogP contribution is 2.36. The fourth-order valence-corrected chi connectivity index (χ4v) is 4.77. The minimum Gasteiger partial charge on any atom is -0.492 e. The van der Waals surface area contributed by atoms with Gasteiger partial charge in [-0.2, -0.15) is 0 Å². The first-order valence-corrected chi connectivity index (χ1v) is 13.1. The number of halogens is 1. The van der Waals surface area contributed by atoms with Crippen LogP contribution in [-0.2, 0) is 0 Å². The normalized spacial score (nSPS) is 14.1. The molecular formula is C29H35ClN4O2. The van der Waals surface area contributed by atoms with Crippen LogP contribution in [0.3, 0.4) is 0 Å². The lowest BCUT2D eigenvalue weighted by molar-refractivity contribution is 0.0923. The molecule has 2 aromatic heterocycles. The first-order valence-electron chi connectivity index (χ1n) is 12.7. The van der Waals surface area contributed by atoms with Gasteiger partial charge in [0.15, 0.2) is 0 Å². The number of pyridine rings is 2. The van der Waals surface area contributed by atoms with E-state index < -0.39 is 0 Å². The Labute approximate surface area is 219 Å². The van der Waals surface area contributed by atoms with Gasteiger partial charge in [0.1, 0.15) is 11.4 Å². The summed E-state index contributed by atoms with van der Waals surface area (Å²) in [5.41, 5.74) is 4.65. The summed E-state index contributed by atoms with van der Waals surface area (Å²) in [7, 11) is 4.08. The maximum absolute atomic E-state index is 13.1. The van der Waals surface area contributed by atoms with Crippen LogP contribution in [0.15, 0.2) is 48.7 Å². The van der Waals surface area contributed by atoms with Gasteiger partial charge < -0.3 is 15.0 Å². The molecule has 0 saturated heterocycles. The van der Waals surface area contributed by atoms with Gasteiger partial charge in [-0.05, 0) is 76.2 Å². The Morgan fingerprint density at radius 1 is 1.11 bits per heavy atom. The van der Waals surface area contributed by atoms with Gasteiger partial charge in [0.05, 0.1) is 23.0 Å². The van der Waals surface area contributed by atoms with Crippen LogP contribution in [0.4, 0.5) is 0 Å². The Hall–Kier alpha value is -2.96. The minimum atomic E-state index is -0.137. The number of aryl methyl sites for hydroxylation is 1. The molecule has 6 nitrogen and oxygen atoms in total. The topological polar surface area (TPSA) is 67.3 Å². The molecule has 36 heavy (non-hydrogen) atoms. The number of nitrogens with zero attached hydrogens (tertiary/aromatic N) is 3. The monoisotopic (exact) mass is 506 g/mol. The van der Waals surface area contributed by atoms with E-state index in [4.69, 9.17) is 21.3 Å². The molecule has 0 bridgehead atoms. The molecule has 0 aliphatic heterocycles. The molecule has 1 N–H and O–H groups in total. The summed E-state index contributed by atoms with van der Waals surface area (Å²) < 4.78 is 6.02. The van der Waals surface area contributed by atoms with Crippen LogP contribution in [0.25, 0.3) is 22.5 Å². The highest BCUT2D eigenvalue weighted by molar-refractivity contribution is 6.32. The zero-order valence-corrected chi connectivity index (χ0v) is 22.1. The lowest BCUT2D eigenvalue weighted by Gasteiger charge is -2.22. The molecule has 1 aliphatic rings. The number of benzene rings is 1. The van der Waals surface area contributed by atoms with Crippen molar-refractivity contribution in [3.8, 4) is 28.3 Å². The number of nitrogens with one attached hydrogen (secondary N) is 1. The maximum Gasteiger partial charge on any atom is 0.270 e. The maximum atomic E-state index is 13.1. The van der Waals surface area contributed by atoms with E-state index >= 15 is 0 Å². The van der Waals surface area contributed by atoms with E-state index in [2.05, 4.69) is 15.2 Å².